The normalized spacial score (nSPS) is 16.6. The summed E-state index contributed by atoms with van der Waals surface area (Å²) in [5.74, 6) is 2.33. The summed E-state index contributed by atoms with van der Waals surface area (Å²) in [6.07, 6.45) is 3.85. The third kappa shape index (κ3) is 4.90. The molecule has 0 bridgehead atoms. The van der Waals surface area contributed by atoms with Gasteiger partial charge in [0.25, 0.3) is 5.91 Å². The molecule has 2 aromatic heterocycles. The third-order valence-electron chi connectivity index (χ3n) is 8.21. The van der Waals surface area contributed by atoms with E-state index in [1.165, 1.54) is 0 Å². The van der Waals surface area contributed by atoms with Crippen LogP contribution in [0.25, 0.3) is 27.4 Å². The van der Waals surface area contributed by atoms with Gasteiger partial charge in [-0.05, 0) is 66.4 Å². The number of carbonyl (C=O) groups excluding carboxylic acids is 1. The molecule has 2 fully saturated rings. The lowest BCUT2D eigenvalue weighted by molar-refractivity contribution is -0.0445. The minimum atomic E-state index is -0.0137. The number of aromatic nitrogens is 4. The first-order valence-corrected chi connectivity index (χ1v) is 14.0. The number of carbonyl (C=O) groups is 1. The van der Waals surface area contributed by atoms with Crippen molar-refractivity contribution in [1.29, 1.82) is 0 Å². The van der Waals surface area contributed by atoms with E-state index in [2.05, 4.69) is 45.2 Å². The summed E-state index contributed by atoms with van der Waals surface area (Å²) in [6.45, 7) is 11.5. The SMILES string of the molecule is [C-]#[N+]c1ccc(-c2cc(C3CC3)nc(N3Cc4ccc(CN(C)CC5COC5)cc4C3=O)c2)c(-c2nncn2C)c1. The summed E-state index contributed by atoms with van der Waals surface area (Å²) in [5.41, 5.74) is 7.17. The molecule has 1 saturated carbocycles. The first kappa shape index (κ1) is 25.6. The molecule has 0 radical (unpaired) electrons. The Morgan fingerprint density at radius 1 is 1.07 bits per heavy atom. The van der Waals surface area contributed by atoms with Gasteiger partial charge in [-0.3, -0.25) is 9.69 Å². The molecule has 0 N–H and O–H groups in total. The first-order chi connectivity index (χ1) is 20.0. The molecular formula is C32H31N7O2. The predicted molar refractivity (Wildman–Crippen MR) is 156 cm³/mol. The Labute approximate surface area is 239 Å². The Balaban J connectivity index is 1.23. The topological polar surface area (TPSA) is 80.7 Å². The van der Waals surface area contributed by atoms with Gasteiger partial charge in [0.05, 0.1) is 26.3 Å². The summed E-state index contributed by atoms with van der Waals surface area (Å²) in [4.78, 5) is 26.5. The van der Waals surface area contributed by atoms with Gasteiger partial charge in [-0.2, -0.15) is 0 Å². The van der Waals surface area contributed by atoms with Crippen LogP contribution in [0.3, 0.4) is 0 Å². The lowest BCUT2D eigenvalue weighted by Crippen LogP contribution is -2.37. The maximum Gasteiger partial charge on any atom is 0.260 e. The van der Waals surface area contributed by atoms with E-state index in [1.807, 2.05) is 41.9 Å². The second-order valence-electron chi connectivity index (χ2n) is 11.5. The molecule has 3 aliphatic rings. The van der Waals surface area contributed by atoms with Gasteiger partial charge in [-0.25, -0.2) is 9.83 Å². The molecule has 206 valence electrons. The Morgan fingerprint density at radius 3 is 2.63 bits per heavy atom. The summed E-state index contributed by atoms with van der Waals surface area (Å²) in [7, 11) is 4.01. The van der Waals surface area contributed by atoms with Crippen molar-refractivity contribution in [2.75, 3.05) is 31.7 Å². The van der Waals surface area contributed by atoms with Gasteiger partial charge in [0.2, 0.25) is 0 Å². The number of hydrogen-bond acceptors (Lipinski definition) is 6. The van der Waals surface area contributed by atoms with Gasteiger partial charge in [0.15, 0.2) is 11.5 Å². The molecule has 1 aliphatic carbocycles. The van der Waals surface area contributed by atoms with Crippen molar-refractivity contribution in [2.45, 2.75) is 31.8 Å². The second-order valence-corrected chi connectivity index (χ2v) is 11.5. The molecular weight excluding hydrogens is 514 g/mol. The van der Waals surface area contributed by atoms with E-state index in [9.17, 15) is 4.79 Å². The van der Waals surface area contributed by atoms with E-state index >= 15 is 0 Å². The standard InChI is InChI=1S/C32H31N7O2/c1-33-25-8-9-26(28(13-25)31-36-34-19-38(31)3)24-11-29(22-6-7-22)35-30(12-24)39-16-23-5-4-20(10-27(23)32(39)40)14-37(2)15-21-17-41-18-21/h4-5,8-13,19,21-22H,6-7,14-18H2,2-3H3. The maximum atomic E-state index is 13.8. The average molecular weight is 546 g/mol. The molecule has 2 aliphatic heterocycles. The van der Waals surface area contributed by atoms with E-state index < -0.39 is 0 Å². The van der Waals surface area contributed by atoms with Crippen molar-refractivity contribution in [3.63, 3.8) is 0 Å². The smallest absolute Gasteiger partial charge is 0.260 e. The number of anilines is 1. The predicted octanol–water partition coefficient (Wildman–Crippen LogP) is 5.21. The van der Waals surface area contributed by atoms with E-state index in [0.29, 0.717) is 35.7 Å². The number of fused-ring (bicyclic) bond motifs is 1. The van der Waals surface area contributed by atoms with Crippen LogP contribution in [0, 0.1) is 12.5 Å². The van der Waals surface area contributed by atoms with Crippen LogP contribution >= 0.6 is 0 Å². The Morgan fingerprint density at radius 2 is 1.93 bits per heavy atom. The number of rotatable bonds is 8. The number of amides is 1. The molecule has 7 rings (SSSR count). The van der Waals surface area contributed by atoms with Crippen LogP contribution in [-0.4, -0.2) is 57.4 Å². The van der Waals surface area contributed by atoms with Crippen molar-refractivity contribution >= 4 is 17.4 Å². The van der Waals surface area contributed by atoms with E-state index in [-0.39, 0.29) is 5.91 Å². The van der Waals surface area contributed by atoms with Crippen molar-refractivity contribution < 1.29 is 9.53 Å². The molecule has 0 spiro atoms. The van der Waals surface area contributed by atoms with Crippen LogP contribution in [0.5, 0.6) is 0 Å². The molecule has 9 heteroatoms. The molecule has 2 aromatic carbocycles. The zero-order valence-corrected chi connectivity index (χ0v) is 23.2. The van der Waals surface area contributed by atoms with E-state index in [0.717, 1.165) is 78.2 Å². The van der Waals surface area contributed by atoms with Crippen molar-refractivity contribution in [1.82, 2.24) is 24.6 Å². The van der Waals surface area contributed by atoms with Crippen LogP contribution in [0.4, 0.5) is 11.5 Å². The van der Waals surface area contributed by atoms with Crippen molar-refractivity contribution in [3.8, 4) is 22.5 Å². The number of hydrogen-bond donors (Lipinski definition) is 0. The lowest BCUT2D eigenvalue weighted by Gasteiger charge is -2.30. The summed E-state index contributed by atoms with van der Waals surface area (Å²) in [6, 6.07) is 16.0. The molecule has 41 heavy (non-hydrogen) atoms. The highest BCUT2D eigenvalue weighted by Gasteiger charge is 2.33. The number of aryl methyl sites for hydroxylation is 1. The van der Waals surface area contributed by atoms with Gasteiger partial charge in [-0.15, -0.1) is 10.2 Å². The fourth-order valence-electron chi connectivity index (χ4n) is 5.82. The van der Waals surface area contributed by atoms with Crippen LogP contribution in [0.1, 0.15) is 45.9 Å². The van der Waals surface area contributed by atoms with Crippen molar-refractivity contribution in [2.24, 2.45) is 13.0 Å². The third-order valence-corrected chi connectivity index (χ3v) is 8.21. The molecule has 0 atom stereocenters. The fraction of sp³-hybridized carbons (Fsp3) is 0.344. The molecule has 4 aromatic rings. The number of ether oxygens (including phenoxy) is 1. The maximum absolute atomic E-state index is 13.8. The molecule has 1 saturated heterocycles. The van der Waals surface area contributed by atoms with Crippen LogP contribution < -0.4 is 4.90 Å². The Bertz CT molecular complexity index is 1700. The summed E-state index contributed by atoms with van der Waals surface area (Å²) < 4.78 is 7.17. The Kier molecular flexibility index (Phi) is 6.37. The number of benzene rings is 2. The largest absolute Gasteiger partial charge is 0.381 e. The molecule has 0 unspecified atom stereocenters. The van der Waals surface area contributed by atoms with E-state index in [4.69, 9.17) is 16.3 Å². The summed E-state index contributed by atoms with van der Waals surface area (Å²) >= 11 is 0. The summed E-state index contributed by atoms with van der Waals surface area (Å²) in [5, 5.41) is 8.39. The van der Waals surface area contributed by atoms with Gasteiger partial charge in [-0.1, -0.05) is 24.3 Å². The quantitative estimate of drug-likeness (QED) is 0.283. The minimum Gasteiger partial charge on any atom is -0.381 e. The average Bonchev–Trinajstić information content (AvgIpc) is 3.65. The van der Waals surface area contributed by atoms with Crippen LogP contribution in [0.15, 0.2) is 54.9 Å². The fourth-order valence-corrected chi connectivity index (χ4v) is 5.82. The first-order valence-electron chi connectivity index (χ1n) is 14.0. The molecule has 1 amide bonds. The minimum absolute atomic E-state index is 0.0137. The van der Waals surface area contributed by atoms with Gasteiger partial charge in [0.1, 0.15) is 12.1 Å². The molecule has 9 nitrogen and oxygen atoms in total. The van der Waals surface area contributed by atoms with Gasteiger partial charge < -0.3 is 14.2 Å². The van der Waals surface area contributed by atoms with Crippen molar-refractivity contribution in [3.05, 3.63) is 88.7 Å². The monoisotopic (exact) mass is 545 g/mol. The number of nitrogens with zero attached hydrogens (tertiary/aromatic N) is 7. The number of pyridine rings is 1. The zero-order chi connectivity index (χ0) is 28.1. The van der Waals surface area contributed by atoms with Crippen LogP contribution in [-0.2, 0) is 24.9 Å². The van der Waals surface area contributed by atoms with Gasteiger partial charge >= 0.3 is 0 Å². The highest BCUT2D eigenvalue weighted by molar-refractivity contribution is 6.10. The molecule has 4 heterocycles. The van der Waals surface area contributed by atoms with E-state index in [1.54, 1.807) is 11.2 Å². The zero-order valence-electron chi connectivity index (χ0n) is 23.2. The Hall–Kier alpha value is -4.39. The highest BCUT2D eigenvalue weighted by atomic mass is 16.5. The highest BCUT2D eigenvalue weighted by Crippen LogP contribution is 2.43. The lowest BCUT2D eigenvalue weighted by atomic mass is 9.97. The van der Waals surface area contributed by atoms with Crippen LogP contribution in [0.2, 0.25) is 0 Å². The van der Waals surface area contributed by atoms with Gasteiger partial charge in [0, 0.05) is 48.8 Å². The second kappa shape index (κ2) is 10.2.